The highest BCUT2D eigenvalue weighted by Crippen LogP contribution is 2.24. The molecule has 0 unspecified atom stereocenters. The molecular formula is C26H29NO2. The molecule has 3 heteroatoms. The first-order valence-corrected chi connectivity index (χ1v) is 10.1. The van der Waals surface area contributed by atoms with E-state index in [-0.39, 0.29) is 11.9 Å². The molecule has 0 spiro atoms. The van der Waals surface area contributed by atoms with Crippen molar-refractivity contribution in [3.63, 3.8) is 0 Å². The summed E-state index contributed by atoms with van der Waals surface area (Å²) in [4.78, 5) is 13.1. The molecule has 29 heavy (non-hydrogen) atoms. The van der Waals surface area contributed by atoms with Crippen LogP contribution in [0.3, 0.4) is 0 Å². The largest absolute Gasteiger partial charge is 0.481 e. The van der Waals surface area contributed by atoms with Crippen molar-refractivity contribution >= 4 is 5.91 Å². The molecule has 3 aromatic rings. The maximum absolute atomic E-state index is 13.1. The van der Waals surface area contributed by atoms with Gasteiger partial charge in [0.1, 0.15) is 5.75 Å². The molecule has 2 atom stereocenters. The number of ether oxygens (including phenoxy) is 1. The van der Waals surface area contributed by atoms with Gasteiger partial charge in [0.15, 0.2) is 6.10 Å². The molecule has 3 aromatic carbocycles. The summed E-state index contributed by atoms with van der Waals surface area (Å²) in [6, 6.07) is 24.0. The molecule has 0 aliphatic carbocycles. The first-order chi connectivity index (χ1) is 14.0. The fourth-order valence-corrected chi connectivity index (χ4v) is 3.27. The fourth-order valence-electron chi connectivity index (χ4n) is 3.27. The van der Waals surface area contributed by atoms with Gasteiger partial charge < -0.3 is 10.1 Å². The molecule has 0 fully saturated rings. The Balaban J connectivity index is 1.82. The molecule has 0 heterocycles. The predicted octanol–water partition coefficient (Wildman–Crippen LogP) is 5.68. The van der Waals surface area contributed by atoms with Crippen molar-refractivity contribution in [1.29, 1.82) is 0 Å². The van der Waals surface area contributed by atoms with Crippen LogP contribution in [0.15, 0.2) is 72.8 Å². The Labute approximate surface area is 173 Å². The highest BCUT2D eigenvalue weighted by Gasteiger charge is 2.24. The smallest absolute Gasteiger partial charge is 0.261 e. The Morgan fingerprint density at radius 2 is 1.52 bits per heavy atom. The second-order valence-corrected chi connectivity index (χ2v) is 7.52. The zero-order valence-electron chi connectivity index (χ0n) is 17.6. The van der Waals surface area contributed by atoms with Crippen LogP contribution in [-0.2, 0) is 4.79 Å². The molecule has 0 aliphatic rings. The molecule has 0 aromatic heterocycles. The number of amides is 1. The standard InChI is InChI=1S/C26H29NO2/c1-5-24(29-23-16-13-19(3)20(4)17-23)26(28)27-25(21-9-7-6-8-10-21)22-14-11-18(2)12-15-22/h6-17,24-25H,5H2,1-4H3,(H,27,28)/t24-,25-/m1/s1. The van der Waals surface area contributed by atoms with Gasteiger partial charge in [-0.05, 0) is 61.6 Å². The summed E-state index contributed by atoms with van der Waals surface area (Å²) >= 11 is 0. The van der Waals surface area contributed by atoms with E-state index in [1.807, 2.05) is 62.4 Å². The monoisotopic (exact) mass is 387 g/mol. The lowest BCUT2D eigenvalue weighted by Crippen LogP contribution is -2.40. The summed E-state index contributed by atoms with van der Waals surface area (Å²) in [5, 5.41) is 3.20. The molecule has 3 rings (SSSR count). The molecule has 0 aliphatic heterocycles. The molecule has 0 saturated carbocycles. The summed E-state index contributed by atoms with van der Waals surface area (Å²) in [6.07, 6.45) is 0.0440. The van der Waals surface area contributed by atoms with Gasteiger partial charge in [-0.25, -0.2) is 0 Å². The normalized spacial score (nSPS) is 12.8. The number of nitrogens with one attached hydrogen (secondary N) is 1. The minimum absolute atomic E-state index is 0.111. The van der Waals surface area contributed by atoms with Crippen molar-refractivity contribution in [2.45, 2.75) is 46.3 Å². The molecular weight excluding hydrogens is 358 g/mol. The predicted molar refractivity (Wildman–Crippen MR) is 118 cm³/mol. The zero-order chi connectivity index (χ0) is 20.8. The third kappa shape index (κ3) is 5.26. The second kappa shape index (κ2) is 9.42. The topological polar surface area (TPSA) is 38.3 Å². The lowest BCUT2D eigenvalue weighted by Gasteiger charge is -2.24. The maximum Gasteiger partial charge on any atom is 0.261 e. The van der Waals surface area contributed by atoms with Gasteiger partial charge in [0.25, 0.3) is 5.91 Å². The van der Waals surface area contributed by atoms with Crippen molar-refractivity contribution in [2.24, 2.45) is 0 Å². The minimum atomic E-state index is -0.547. The average molecular weight is 388 g/mol. The van der Waals surface area contributed by atoms with E-state index in [0.717, 1.165) is 22.4 Å². The van der Waals surface area contributed by atoms with Crippen LogP contribution in [0.1, 0.15) is 47.2 Å². The number of carbonyl (C=O) groups is 1. The maximum atomic E-state index is 13.1. The fraction of sp³-hybridized carbons (Fsp3) is 0.269. The van der Waals surface area contributed by atoms with E-state index in [9.17, 15) is 4.79 Å². The number of aryl methyl sites for hydroxylation is 3. The van der Waals surface area contributed by atoms with Crippen LogP contribution in [-0.4, -0.2) is 12.0 Å². The van der Waals surface area contributed by atoms with E-state index in [4.69, 9.17) is 4.74 Å². The molecule has 1 N–H and O–H groups in total. The van der Waals surface area contributed by atoms with Crippen molar-refractivity contribution in [3.8, 4) is 5.75 Å². The van der Waals surface area contributed by atoms with Gasteiger partial charge in [-0.2, -0.15) is 0 Å². The third-order valence-corrected chi connectivity index (χ3v) is 5.25. The van der Waals surface area contributed by atoms with Crippen molar-refractivity contribution in [1.82, 2.24) is 5.32 Å². The molecule has 0 saturated heterocycles. The highest BCUT2D eigenvalue weighted by molar-refractivity contribution is 5.82. The summed E-state index contributed by atoms with van der Waals surface area (Å²) in [6.45, 7) is 8.14. The van der Waals surface area contributed by atoms with Crippen LogP contribution in [0.5, 0.6) is 5.75 Å². The van der Waals surface area contributed by atoms with Crippen LogP contribution >= 0.6 is 0 Å². The van der Waals surface area contributed by atoms with E-state index in [1.54, 1.807) is 0 Å². The molecule has 3 nitrogen and oxygen atoms in total. The van der Waals surface area contributed by atoms with Gasteiger partial charge in [0.05, 0.1) is 6.04 Å². The lowest BCUT2D eigenvalue weighted by atomic mass is 9.97. The highest BCUT2D eigenvalue weighted by atomic mass is 16.5. The minimum Gasteiger partial charge on any atom is -0.481 e. The van der Waals surface area contributed by atoms with Crippen molar-refractivity contribution in [3.05, 3.63) is 101 Å². The van der Waals surface area contributed by atoms with Crippen molar-refractivity contribution < 1.29 is 9.53 Å². The number of benzene rings is 3. The van der Waals surface area contributed by atoms with Crippen LogP contribution in [0.25, 0.3) is 0 Å². The van der Waals surface area contributed by atoms with E-state index < -0.39 is 6.10 Å². The van der Waals surface area contributed by atoms with Crippen LogP contribution in [0.4, 0.5) is 0 Å². The quantitative estimate of drug-likeness (QED) is 0.567. The first kappa shape index (κ1) is 20.7. The summed E-state index contributed by atoms with van der Waals surface area (Å²) in [7, 11) is 0. The van der Waals surface area contributed by atoms with E-state index in [2.05, 4.69) is 43.4 Å². The lowest BCUT2D eigenvalue weighted by molar-refractivity contribution is -0.128. The number of rotatable bonds is 7. The third-order valence-electron chi connectivity index (χ3n) is 5.25. The zero-order valence-corrected chi connectivity index (χ0v) is 17.6. The van der Waals surface area contributed by atoms with Crippen LogP contribution < -0.4 is 10.1 Å². The van der Waals surface area contributed by atoms with Gasteiger partial charge in [0.2, 0.25) is 0 Å². The van der Waals surface area contributed by atoms with E-state index in [1.165, 1.54) is 11.1 Å². The van der Waals surface area contributed by atoms with E-state index in [0.29, 0.717) is 6.42 Å². The molecule has 0 radical (unpaired) electrons. The number of hydrogen-bond donors (Lipinski definition) is 1. The molecule has 1 amide bonds. The van der Waals surface area contributed by atoms with Crippen LogP contribution in [0, 0.1) is 20.8 Å². The van der Waals surface area contributed by atoms with E-state index >= 15 is 0 Å². The second-order valence-electron chi connectivity index (χ2n) is 7.52. The van der Waals surface area contributed by atoms with Crippen molar-refractivity contribution in [2.75, 3.05) is 0 Å². The van der Waals surface area contributed by atoms with Gasteiger partial charge in [-0.15, -0.1) is 0 Å². The Kier molecular flexibility index (Phi) is 6.71. The SMILES string of the molecule is CC[C@@H](Oc1ccc(C)c(C)c1)C(=O)N[C@H](c1ccccc1)c1ccc(C)cc1. The van der Waals surface area contributed by atoms with Gasteiger partial charge in [-0.3, -0.25) is 4.79 Å². The Hall–Kier alpha value is -3.07. The van der Waals surface area contributed by atoms with Gasteiger partial charge in [0, 0.05) is 0 Å². The Morgan fingerprint density at radius 1 is 0.862 bits per heavy atom. The summed E-state index contributed by atoms with van der Waals surface area (Å²) in [5.74, 6) is 0.613. The molecule has 0 bridgehead atoms. The first-order valence-electron chi connectivity index (χ1n) is 10.1. The average Bonchev–Trinajstić information content (AvgIpc) is 2.74. The number of hydrogen-bond acceptors (Lipinski definition) is 2. The number of carbonyl (C=O) groups excluding carboxylic acids is 1. The van der Waals surface area contributed by atoms with Gasteiger partial charge >= 0.3 is 0 Å². The summed E-state index contributed by atoms with van der Waals surface area (Å²) < 4.78 is 6.04. The summed E-state index contributed by atoms with van der Waals surface area (Å²) in [5.41, 5.74) is 5.65. The van der Waals surface area contributed by atoms with Gasteiger partial charge in [-0.1, -0.05) is 73.2 Å². The van der Waals surface area contributed by atoms with Crippen LogP contribution in [0.2, 0.25) is 0 Å². The Bertz CT molecular complexity index is 948. The molecule has 150 valence electrons. The Morgan fingerprint density at radius 3 is 2.14 bits per heavy atom.